The maximum absolute atomic E-state index is 13.6. The van der Waals surface area contributed by atoms with Crippen molar-refractivity contribution in [1.29, 1.82) is 0 Å². The molecular formula is C26H27N3O3. The van der Waals surface area contributed by atoms with Crippen LogP contribution in [0.2, 0.25) is 0 Å². The molecule has 1 saturated carbocycles. The van der Waals surface area contributed by atoms with Gasteiger partial charge in [-0.05, 0) is 74.1 Å². The van der Waals surface area contributed by atoms with Crippen molar-refractivity contribution < 1.29 is 14.3 Å². The number of hydrogen-bond acceptors (Lipinski definition) is 4. The Morgan fingerprint density at radius 2 is 1.91 bits per heavy atom. The lowest BCUT2D eigenvalue weighted by Crippen LogP contribution is -2.71. The number of amides is 1. The molecular weight excluding hydrogens is 402 g/mol. The Kier molecular flexibility index (Phi) is 4.57. The SMILES string of the molecule is COc1ccc(-c2cc(C(=O)N3CC4(CCCO4)C3C3CC3)nn2-c2ccccc2)cc1. The minimum atomic E-state index is -0.113. The van der Waals surface area contributed by atoms with Crippen molar-refractivity contribution in [2.24, 2.45) is 5.92 Å². The van der Waals surface area contributed by atoms with Gasteiger partial charge in [-0.15, -0.1) is 0 Å². The third-order valence-corrected chi connectivity index (χ3v) is 7.09. The first-order valence-electron chi connectivity index (χ1n) is 11.4. The van der Waals surface area contributed by atoms with E-state index in [4.69, 9.17) is 14.6 Å². The van der Waals surface area contributed by atoms with E-state index in [-0.39, 0.29) is 17.6 Å². The fourth-order valence-electron chi connectivity index (χ4n) is 5.39. The number of hydrogen-bond donors (Lipinski definition) is 0. The van der Waals surface area contributed by atoms with Crippen molar-refractivity contribution in [2.45, 2.75) is 37.3 Å². The van der Waals surface area contributed by atoms with Crippen molar-refractivity contribution in [2.75, 3.05) is 20.3 Å². The van der Waals surface area contributed by atoms with Crippen LogP contribution in [0.3, 0.4) is 0 Å². The Morgan fingerprint density at radius 1 is 1.12 bits per heavy atom. The lowest BCUT2D eigenvalue weighted by Gasteiger charge is -2.55. The van der Waals surface area contributed by atoms with Crippen molar-refractivity contribution in [3.05, 3.63) is 66.4 Å². The van der Waals surface area contributed by atoms with Crippen LogP contribution in [0.5, 0.6) is 5.75 Å². The van der Waals surface area contributed by atoms with E-state index >= 15 is 0 Å². The second-order valence-corrected chi connectivity index (χ2v) is 9.12. The Bertz CT molecular complexity index is 1130. The molecule has 0 radical (unpaired) electrons. The standard InChI is InChI=1S/C26H27N3O3/c1-31-21-12-10-18(11-13-21)23-16-22(27-29(23)20-6-3-2-4-7-20)25(30)28-17-26(14-5-15-32-26)24(28)19-8-9-19/h2-4,6-7,10-13,16,19,24H,5,8-9,14-15,17H2,1H3. The van der Waals surface area contributed by atoms with Gasteiger partial charge >= 0.3 is 0 Å². The van der Waals surface area contributed by atoms with E-state index in [0.717, 1.165) is 42.1 Å². The molecule has 1 spiro atoms. The molecule has 6 nitrogen and oxygen atoms in total. The van der Waals surface area contributed by atoms with E-state index in [9.17, 15) is 4.79 Å². The normalized spacial score (nSPS) is 24.5. The van der Waals surface area contributed by atoms with Crippen LogP contribution >= 0.6 is 0 Å². The molecule has 0 N–H and O–H groups in total. The van der Waals surface area contributed by atoms with E-state index in [1.807, 2.05) is 70.2 Å². The lowest BCUT2D eigenvalue weighted by atomic mass is 9.78. The average molecular weight is 430 g/mol. The number of carbonyl (C=O) groups excluding carboxylic acids is 1. The molecule has 6 rings (SSSR count). The third kappa shape index (κ3) is 3.13. The van der Waals surface area contributed by atoms with Gasteiger partial charge in [0.05, 0.1) is 31.1 Å². The Hall–Kier alpha value is -3.12. The number of methoxy groups -OCH3 is 1. The van der Waals surface area contributed by atoms with Crippen LogP contribution in [0.25, 0.3) is 16.9 Å². The van der Waals surface area contributed by atoms with Crippen LogP contribution in [-0.2, 0) is 4.74 Å². The van der Waals surface area contributed by atoms with Crippen molar-refractivity contribution in [1.82, 2.24) is 14.7 Å². The van der Waals surface area contributed by atoms with Gasteiger partial charge in [-0.25, -0.2) is 4.68 Å². The van der Waals surface area contributed by atoms with Gasteiger partial charge in [0.1, 0.15) is 11.4 Å². The van der Waals surface area contributed by atoms with Gasteiger partial charge in [-0.1, -0.05) is 18.2 Å². The van der Waals surface area contributed by atoms with Crippen LogP contribution in [-0.4, -0.2) is 52.5 Å². The number of para-hydroxylation sites is 1. The van der Waals surface area contributed by atoms with Crippen LogP contribution in [0.1, 0.15) is 36.2 Å². The maximum Gasteiger partial charge on any atom is 0.274 e. The molecule has 0 bridgehead atoms. The minimum Gasteiger partial charge on any atom is -0.497 e. The zero-order valence-corrected chi connectivity index (χ0v) is 18.2. The number of aromatic nitrogens is 2. The first-order chi connectivity index (χ1) is 15.7. The van der Waals surface area contributed by atoms with Crippen molar-refractivity contribution in [3.8, 4) is 22.7 Å². The topological polar surface area (TPSA) is 56.6 Å². The Labute approximate surface area is 187 Å². The smallest absolute Gasteiger partial charge is 0.274 e. The monoisotopic (exact) mass is 429 g/mol. The number of carbonyl (C=O) groups is 1. The molecule has 1 aromatic heterocycles. The highest BCUT2D eigenvalue weighted by molar-refractivity contribution is 5.95. The summed E-state index contributed by atoms with van der Waals surface area (Å²) in [5.41, 5.74) is 3.17. The second-order valence-electron chi connectivity index (χ2n) is 9.12. The number of nitrogens with zero attached hydrogens (tertiary/aromatic N) is 3. The number of likely N-dealkylation sites (tertiary alicyclic amines) is 1. The highest BCUT2D eigenvalue weighted by atomic mass is 16.5. The summed E-state index contributed by atoms with van der Waals surface area (Å²) < 4.78 is 13.3. The van der Waals surface area contributed by atoms with E-state index in [0.29, 0.717) is 18.2 Å². The average Bonchev–Trinajstić information content (AvgIpc) is 3.33. The zero-order chi connectivity index (χ0) is 21.7. The zero-order valence-electron chi connectivity index (χ0n) is 18.2. The van der Waals surface area contributed by atoms with Crippen LogP contribution in [0.4, 0.5) is 0 Å². The highest BCUT2D eigenvalue weighted by Gasteiger charge is 2.62. The molecule has 32 heavy (non-hydrogen) atoms. The van der Waals surface area contributed by atoms with Crippen LogP contribution in [0.15, 0.2) is 60.7 Å². The lowest BCUT2D eigenvalue weighted by molar-refractivity contribution is -0.149. The summed E-state index contributed by atoms with van der Waals surface area (Å²) in [7, 11) is 1.66. The van der Waals surface area contributed by atoms with Crippen molar-refractivity contribution in [3.63, 3.8) is 0 Å². The number of benzene rings is 2. The van der Waals surface area contributed by atoms with Gasteiger partial charge in [-0.3, -0.25) is 4.79 Å². The Balaban J connectivity index is 1.36. The molecule has 3 aliphatic rings. The molecule has 3 fully saturated rings. The molecule has 1 amide bonds. The van der Waals surface area contributed by atoms with Crippen molar-refractivity contribution >= 4 is 5.91 Å². The second kappa shape index (κ2) is 7.48. The summed E-state index contributed by atoms with van der Waals surface area (Å²) in [6.45, 7) is 1.50. The van der Waals surface area contributed by atoms with Gasteiger partial charge in [0.2, 0.25) is 0 Å². The molecule has 6 heteroatoms. The summed E-state index contributed by atoms with van der Waals surface area (Å²) in [5.74, 6) is 1.38. The molecule has 3 aromatic rings. The predicted molar refractivity (Wildman–Crippen MR) is 121 cm³/mol. The van der Waals surface area contributed by atoms with Gasteiger partial charge < -0.3 is 14.4 Å². The van der Waals surface area contributed by atoms with Gasteiger partial charge in [0.25, 0.3) is 5.91 Å². The first kappa shape index (κ1) is 19.6. The molecule has 2 atom stereocenters. The fraction of sp³-hybridized carbons (Fsp3) is 0.385. The predicted octanol–water partition coefficient (Wildman–Crippen LogP) is 4.33. The number of rotatable bonds is 5. The molecule has 164 valence electrons. The van der Waals surface area contributed by atoms with Gasteiger partial charge in [0.15, 0.2) is 5.69 Å². The summed E-state index contributed by atoms with van der Waals surface area (Å²) in [6, 6.07) is 19.9. The van der Waals surface area contributed by atoms with E-state index in [1.165, 1.54) is 12.8 Å². The molecule has 2 aromatic carbocycles. The molecule has 2 unspecified atom stereocenters. The first-order valence-corrected chi connectivity index (χ1v) is 11.4. The largest absolute Gasteiger partial charge is 0.497 e. The van der Waals surface area contributed by atoms with E-state index < -0.39 is 0 Å². The molecule has 1 aliphatic carbocycles. The van der Waals surface area contributed by atoms with Gasteiger partial charge in [-0.2, -0.15) is 5.10 Å². The van der Waals surface area contributed by atoms with E-state index in [2.05, 4.69) is 0 Å². The molecule has 2 saturated heterocycles. The quantitative estimate of drug-likeness (QED) is 0.606. The van der Waals surface area contributed by atoms with Crippen LogP contribution < -0.4 is 4.74 Å². The number of ether oxygens (including phenoxy) is 2. The van der Waals surface area contributed by atoms with Crippen LogP contribution in [0, 0.1) is 5.92 Å². The van der Waals surface area contributed by atoms with E-state index in [1.54, 1.807) is 7.11 Å². The minimum absolute atomic E-state index is 0.00691. The summed E-state index contributed by atoms with van der Waals surface area (Å²) in [6.07, 6.45) is 4.53. The highest BCUT2D eigenvalue weighted by Crippen LogP contribution is 2.51. The molecule has 2 aliphatic heterocycles. The fourth-order valence-corrected chi connectivity index (χ4v) is 5.39. The Morgan fingerprint density at radius 3 is 2.56 bits per heavy atom. The summed E-state index contributed by atoms with van der Waals surface area (Å²) in [4.78, 5) is 15.6. The summed E-state index contributed by atoms with van der Waals surface area (Å²) in [5, 5.41) is 4.78. The maximum atomic E-state index is 13.6. The molecule has 3 heterocycles. The third-order valence-electron chi connectivity index (χ3n) is 7.09. The van der Waals surface area contributed by atoms with Gasteiger partial charge in [0, 0.05) is 12.2 Å². The summed E-state index contributed by atoms with van der Waals surface area (Å²) >= 11 is 0.